The third kappa shape index (κ3) is 5.62. The van der Waals surface area contributed by atoms with Crippen molar-refractivity contribution in [1.82, 2.24) is 15.1 Å². The van der Waals surface area contributed by atoms with Crippen LogP contribution in [0.5, 0.6) is 5.75 Å². The average molecular weight is 605 g/mol. The van der Waals surface area contributed by atoms with E-state index in [2.05, 4.69) is 26.1 Å². The molecule has 4 aromatic rings. The molecule has 0 unspecified atom stereocenters. The van der Waals surface area contributed by atoms with Crippen molar-refractivity contribution in [3.63, 3.8) is 0 Å². The molecule has 7 rings (SSSR count). The fourth-order valence-corrected chi connectivity index (χ4v) is 5.96. The fraction of sp³-hybridized carbons (Fsp3) is 0.394. The number of aromatic carboxylic acids is 1. The van der Waals surface area contributed by atoms with E-state index in [4.69, 9.17) is 9.26 Å². The number of carboxylic acid groups (broad SMARTS) is 1. The number of piperidine rings is 1. The summed E-state index contributed by atoms with van der Waals surface area (Å²) in [6.45, 7) is 1.57. The van der Waals surface area contributed by atoms with Gasteiger partial charge < -0.3 is 19.3 Å². The molecule has 0 bridgehead atoms. The summed E-state index contributed by atoms with van der Waals surface area (Å²) < 4.78 is 53.0. The molecule has 3 aliphatic rings. The summed E-state index contributed by atoms with van der Waals surface area (Å²) >= 11 is 0. The highest BCUT2D eigenvalue weighted by molar-refractivity contribution is 5.94. The van der Waals surface area contributed by atoms with Crippen LogP contribution in [0.1, 0.15) is 78.4 Å². The van der Waals surface area contributed by atoms with E-state index in [0.717, 1.165) is 75.3 Å². The van der Waals surface area contributed by atoms with Crippen molar-refractivity contribution >= 4 is 28.6 Å². The van der Waals surface area contributed by atoms with Gasteiger partial charge in [-0.2, -0.15) is 13.2 Å². The standard InChI is InChI=1S/C33H31F3N4O4/c34-33(35,36)31-24(5-2-14-37-31)29-23(30(44-39-29)20-7-8-20)10-6-19-12-15-40(16-13-19)21-9-11-26-25(17-21)28(43-22-3-1-4-22)18-27(38-26)32(41)42/h2,5-6,9-11,14,17-20,22H,1,3-4,7-8,12-13,15-16H2,(H,41,42)/b10-6+. The van der Waals surface area contributed by atoms with Crippen LogP contribution in [0, 0.1) is 5.92 Å². The highest BCUT2D eigenvalue weighted by Gasteiger charge is 2.38. The van der Waals surface area contributed by atoms with E-state index in [-0.39, 0.29) is 34.9 Å². The second-order valence-corrected chi connectivity index (χ2v) is 11.8. The van der Waals surface area contributed by atoms with Gasteiger partial charge in [-0.25, -0.2) is 9.78 Å². The Bertz CT molecular complexity index is 1730. The maximum Gasteiger partial charge on any atom is 0.434 e. The average Bonchev–Trinajstić information content (AvgIpc) is 3.76. The molecule has 3 aromatic heterocycles. The van der Waals surface area contributed by atoms with E-state index in [1.54, 1.807) is 0 Å². The van der Waals surface area contributed by atoms with Crippen LogP contribution in [0.25, 0.3) is 28.2 Å². The number of carboxylic acids is 1. The maximum absolute atomic E-state index is 13.8. The number of anilines is 1. The topological polar surface area (TPSA) is 102 Å². The van der Waals surface area contributed by atoms with E-state index in [0.29, 0.717) is 22.6 Å². The summed E-state index contributed by atoms with van der Waals surface area (Å²) in [7, 11) is 0. The zero-order chi connectivity index (χ0) is 30.4. The Labute approximate surface area is 251 Å². The largest absolute Gasteiger partial charge is 0.490 e. The molecule has 2 saturated carbocycles. The van der Waals surface area contributed by atoms with Crippen molar-refractivity contribution in [2.75, 3.05) is 18.0 Å². The Hall–Kier alpha value is -4.41. The number of pyridine rings is 2. The molecule has 44 heavy (non-hydrogen) atoms. The van der Waals surface area contributed by atoms with Gasteiger partial charge in [0.25, 0.3) is 0 Å². The number of allylic oxidation sites excluding steroid dienone is 1. The van der Waals surface area contributed by atoms with Crippen molar-refractivity contribution < 1.29 is 32.3 Å². The van der Waals surface area contributed by atoms with Gasteiger partial charge in [-0.1, -0.05) is 17.3 Å². The molecule has 0 radical (unpaired) electrons. The molecule has 1 aromatic carbocycles. The first-order chi connectivity index (χ1) is 21.2. The lowest BCUT2D eigenvalue weighted by molar-refractivity contribution is -0.140. The summed E-state index contributed by atoms with van der Waals surface area (Å²) in [4.78, 5) is 21.9. The minimum Gasteiger partial charge on any atom is -0.490 e. The van der Waals surface area contributed by atoms with E-state index >= 15 is 0 Å². The van der Waals surface area contributed by atoms with Gasteiger partial charge in [0, 0.05) is 53.5 Å². The molecular formula is C33H31F3N4O4. The van der Waals surface area contributed by atoms with Crippen LogP contribution >= 0.6 is 0 Å². The third-order valence-corrected chi connectivity index (χ3v) is 8.79. The van der Waals surface area contributed by atoms with E-state index in [9.17, 15) is 23.1 Å². The van der Waals surface area contributed by atoms with E-state index in [1.807, 2.05) is 24.3 Å². The Morgan fingerprint density at radius 1 is 1.07 bits per heavy atom. The fourth-order valence-electron chi connectivity index (χ4n) is 5.96. The molecule has 228 valence electrons. The van der Waals surface area contributed by atoms with Crippen molar-refractivity contribution in [2.45, 2.75) is 63.1 Å². The minimum absolute atomic E-state index is 0.0360. The number of hydrogen-bond acceptors (Lipinski definition) is 7. The third-order valence-electron chi connectivity index (χ3n) is 8.79. The second kappa shape index (κ2) is 11.3. The molecular weight excluding hydrogens is 573 g/mol. The van der Waals surface area contributed by atoms with Gasteiger partial charge in [-0.05, 0) is 81.2 Å². The molecule has 11 heteroatoms. The van der Waals surface area contributed by atoms with Gasteiger partial charge in [0.05, 0.1) is 11.6 Å². The zero-order valence-corrected chi connectivity index (χ0v) is 23.9. The first kappa shape index (κ1) is 28.4. The highest BCUT2D eigenvalue weighted by Crippen LogP contribution is 2.46. The summed E-state index contributed by atoms with van der Waals surface area (Å²) in [5.41, 5.74) is 1.30. The van der Waals surface area contributed by atoms with Crippen LogP contribution in [0.3, 0.4) is 0 Å². The SMILES string of the molecule is O=C(O)c1cc(OC2CCC2)c2cc(N3CCC(/C=C/c4c(-c5cccnc5C(F)(F)F)noc4C4CC4)CC3)ccc2n1. The molecule has 0 amide bonds. The zero-order valence-electron chi connectivity index (χ0n) is 23.9. The Morgan fingerprint density at radius 2 is 1.86 bits per heavy atom. The molecule has 3 fully saturated rings. The van der Waals surface area contributed by atoms with Crippen LogP contribution in [-0.4, -0.2) is 45.4 Å². The number of nitrogens with zero attached hydrogens (tertiary/aromatic N) is 4. The molecule has 4 heterocycles. The number of rotatable bonds is 8. The van der Waals surface area contributed by atoms with Gasteiger partial charge >= 0.3 is 12.1 Å². The molecule has 1 N–H and O–H groups in total. The lowest BCUT2D eigenvalue weighted by Crippen LogP contribution is -2.33. The number of ether oxygens (including phenoxy) is 1. The Balaban J connectivity index is 1.10. The van der Waals surface area contributed by atoms with Crippen molar-refractivity contribution in [2.24, 2.45) is 5.92 Å². The number of halogens is 3. The number of carbonyl (C=O) groups is 1. The normalized spacial score (nSPS) is 18.2. The van der Waals surface area contributed by atoms with Gasteiger partial charge in [0.1, 0.15) is 17.2 Å². The van der Waals surface area contributed by atoms with Crippen LogP contribution < -0.4 is 9.64 Å². The lowest BCUT2D eigenvalue weighted by atomic mass is 9.94. The smallest absolute Gasteiger partial charge is 0.434 e. The first-order valence-corrected chi connectivity index (χ1v) is 15.0. The highest BCUT2D eigenvalue weighted by atomic mass is 19.4. The summed E-state index contributed by atoms with van der Waals surface area (Å²) in [6.07, 6.45) is 7.18. The van der Waals surface area contributed by atoms with Gasteiger partial charge in [0.15, 0.2) is 11.4 Å². The number of benzene rings is 1. The van der Waals surface area contributed by atoms with Crippen molar-refractivity contribution in [3.8, 4) is 17.0 Å². The lowest BCUT2D eigenvalue weighted by Gasteiger charge is -2.33. The van der Waals surface area contributed by atoms with Crippen LogP contribution in [0.4, 0.5) is 18.9 Å². The Morgan fingerprint density at radius 3 is 2.55 bits per heavy atom. The number of alkyl halides is 3. The summed E-state index contributed by atoms with van der Waals surface area (Å²) in [5, 5.41) is 14.4. The van der Waals surface area contributed by atoms with Crippen LogP contribution in [-0.2, 0) is 6.18 Å². The second-order valence-electron chi connectivity index (χ2n) is 11.8. The monoisotopic (exact) mass is 604 g/mol. The summed E-state index contributed by atoms with van der Waals surface area (Å²) in [5.74, 6) is 0.510. The summed E-state index contributed by atoms with van der Waals surface area (Å²) in [6, 6.07) is 10.2. The Kier molecular flexibility index (Phi) is 7.26. The molecule has 0 spiro atoms. The van der Waals surface area contributed by atoms with Crippen LogP contribution in [0.15, 0.2) is 53.2 Å². The molecule has 8 nitrogen and oxygen atoms in total. The molecule has 2 aliphatic carbocycles. The van der Waals surface area contributed by atoms with Crippen molar-refractivity contribution in [3.05, 3.63) is 71.4 Å². The van der Waals surface area contributed by atoms with E-state index < -0.39 is 17.8 Å². The first-order valence-electron chi connectivity index (χ1n) is 15.0. The predicted octanol–water partition coefficient (Wildman–Crippen LogP) is 7.74. The maximum atomic E-state index is 13.8. The van der Waals surface area contributed by atoms with Gasteiger partial charge in [-0.3, -0.25) is 4.98 Å². The van der Waals surface area contributed by atoms with Gasteiger partial charge in [-0.15, -0.1) is 0 Å². The van der Waals surface area contributed by atoms with Crippen molar-refractivity contribution in [1.29, 1.82) is 0 Å². The molecule has 1 aliphatic heterocycles. The van der Waals surface area contributed by atoms with Crippen LogP contribution in [0.2, 0.25) is 0 Å². The van der Waals surface area contributed by atoms with Gasteiger partial charge in [0.2, 0.25) is 0 Å². The number of aromatic nitrogens is 3. The minimum atomic E-state index is -4.61. The number of hydrogen-bond donors (Lipinski definition) is 1. The molecule has 0 atom stereocenters. The number of fused-ring (bicyclic) bond motifs is 1. The predicted molar refractivity (Wildman–Crippen MR) is 158 cm³/mol. The molecule has 1 saturated heterocycles. The van der Waals surface area contributed by atoms with E-state index in [1.165, 1.54) is 18.2 Å². The quantitative estimate of drug-likeness (QED) is 0.218.